The molecule has 0 aliphatic carbocycles. The Labute approximate surface area is 132 Å². The van der Waals surface area contributed by atoms with Gasteiger partial charge >= 0.3 is 0 Å². The number of pyridine rings is 1. The summed E-state index contributed by atoms with van der Waals surface area (Å²) in [6, 6.07) is 5.13. The number of hydrogen-bond acceptors (Lipinski definition) is 3. The first-order chi connectivity index (χ1) is 10.5. The van der Waals surface area contributed by atoms with Gasteiger partial charge in [-0.15, -0.1) is 0 Å². The Morgan fingerprint density at radius 1 is 0.955 bits per heavy atom. The van der Waals surface area contributed by atoms with Crippen LogP contribution in [0.4, 0.5) is 0 Å². The van der Waals surface area contributed by atoms with Crippen molar-refractivity contribution in [3.8, 4) is 0 Å². The average Bonchev–Trinajstić information content (AvgIpc) is 2.47. The summed E-state index contributed by atoms with van der Waals surface area (Å²) in [5, 5.41) is 5.78. The van der Waals surface area contributed by atoms with Crippen LogP contribution in [-0.2, 0) is 0 Å². The highest BCUT2D eigenvalue weighted by atomic mass is 16.2. The minimum Gasteiger partial charge on any atom is -0.348 e. The summed E-state index contributed by atoms with van der Waals surface area (Å²) < 4.78 is 0. The van der Waals surface area contributed by atoms with Gasteiger partial charge in [0.25, 0.3) is 11.8 Å². The van der Waals surface area contributed by atoms with Crippen LogP contribution in [0.1, 0.15) is 74.4 Å². The lowest BCUT2D eigenvalue weighted by atomic mass is 10.2. The standard InChI is InChI=1S/C17H27N3O2/c1-5-8-12(3)18-16(21)14-10-7-11-15(20-14)17(22)19-13(4)9-6-2/h7,10-13H,5-6,8-9H2,1-4H3,(H,18,21)(H,19,22). The van der Waals surface area contributed by atoms with Crippen molar-refractivity contribution in [2.45, 2.75) is 65.5 Å². The molecule has 1 heterocycles. The molecule has 0 saturated carbocycles. The number of hydrogen-bond donors (Lipinski definition) is 2. The first kappa shape index (κ1) is 18.1. The highest BCUT2D eigenvalue weighted by Crippen LogP contribution is 2.04. The van der Waals surface area contributed by atoms with E-state index >= 15 is 0 Å². The first-order valence-electron chi connectivity index (χ1n) is 8.06. The molecule has 0 spiro atoms. The predicted octanol–water partition coefficient (Wildman–Crippen LogP) is 2.92. The van der Waals surface area contributed by atoms with Crippen molar-refractivity contribution in [1.82, 2.24) is 15.6 Å². The highest BCUT2D eigenvalue weighted by molar-refractivity contribution is 5.96. The molecular formula is C17H27N3O2. The molecular weight excluding hydrogens is 278 g/mol. The molecule has 0 aliphatic rings. The largest absolute Gasteiger partial charge is 0.348 e. The molecule has 2 unspecified atom stereocenters. The topological polar surface area (TPSA) is 71.1 Å². The van der Waals surface area contributed by atoms with Gasteiger partial charge in [0.05, 0.1) is 0 Å². The molecule has 5 heteroatoms. The second kappa shape index (κ2) is 9.18. The number of nitrogens with zero attached hydrogens (tertiary/aromatic N) is 1. The maximum atomic E-state index is 12.1. The van der Waals surface area contributed by atoms with E-state index in [4.69, 9.17) is 0 Å². The van der Waals surface area contributed by atoms with Crippen LogP contribution in [0.5, 0.6) is 0 Å². The lowest BCUT2D eigenvalue weighted by Gasteiger charge is -2.14. The predicted molar refractivity (Wildman–Crippen MR) is 87.9 cm³/mol. The highest BCUT2D eigenvalue weighted by Gasteiger charge is 2.15. The molecule has 2 amide bonds. The molecule has 22 heavy (non-hydrogen) atoms. The number of amides is 2. The van der Waals surface area contributed by atoms with Gasteiger partial charge in [-0.05, 0) is 38.8 Å². The van der Waals surface area contributed by atoms with E-state index in [-0.39, 0.29) is 35.3 Å². The van der Waals surface area contributed by atoms with Crippen LogP contribution in [0.25, 0.3) is 0 Å². The molecule has 1 aromatic heterocycles. The molecule has 2 atom stereocenters. The summed E-state index contributed by atoms with van der Waals surface area (Å²) >= 11 is 0. The maximum absolute atomic E-state index is 12.1. The second-order valence-electron chi connectivity index (χ2n) is 5.73. The van der Waals surface area contributed by atoms with E-state index in [9.17, 15) is 9.59 Å². The summed E-state index contributed by atoms with van der Waals surface area (Å²) in [6.45, 7) is 8.07. The van der Waals surface area contributed by atoms with Crippen molar-refractivity contribution in [1.29, 1.82) is 0 Å². The molecule has 1 rings (SSSR count). The summed E-state index contributed by atoms with van der Waals surface area (Å²) in [7, 11) is 0. The van der Waals surface area contributed by atoms with Crippen molar-refractivity contribution >= 4 is 11.8 Å². The Morgan fingerprint density at radius 2 is 1.36 bits per heavy atom. The molecule has 0 aromatic carbocycles. The van der Waals surface area contributed by atoms with Crippen molar-refractivity contribution in [3.05, 3.63) is 29.6 Å². The zero-order chi connectivity index (χ0) is 16.5. The average molecular weight is 305 g/mol. The zero-order valence-corrected chi connectivity index (χ0v) is 14.0. The van der Waals surface area contributed by atoms with Crippen LogP contribution in [-0.4, -0.2) is 28.9 Å². The van der Waals surface area contributed by atoms with E-state index in [1.54, 1.807) is 18.2 Å². The van der Waals surface area contributed by atoms with Crippen molar-refractivity contribution < 1.29 is 9.59 Å². The molecule has 0 bridgehead atoms. The van der Waals surface area contributed by atoms with E-state index in [0.29, 0.717) is 0 Å². The van der Waals surface area contributed by atoms with Crippen molar-refractivity contribution in [2.75, 3.05) is 0 Å². The molecule has 0 radical (unpaired) electrons. The van der Waals surface area contributed by atoms with E-state index in [1.165, 1.54) is 0 Å². The van der Waals surface area contributed by atoms with Crippen LogP contribution < -0.4 is 10.6 Å². The lowest BCUT2D eigenvalue weighted by molar-refractivity contribution is 0.0929. The van der Waals surface area contributed by atoms with Crippen LogP contribution >= 0.6 is 0 Å². The summed E-state index contributed by atoms with van der Waals surface area (Å²) in [4.78, 5) is 28.4. The van der Waals surface area contributed by atoms with Gasteiger partial charge in [-0.1, -0.05) is 32.8 Å². The Balaban J connectivity index is 2.72. The van der Waals surface area contributed by atoms with E-state index in [1.807, 2.05) is 13.8 Å². The third-order valence-corrected chi connectivity index (χ3v) is 3.41. The SMILES string of the molecule is CCCC(C)NC(=O)c1cccc(C(=O)NC(C)CCC)n1. The lowest BCUT2D eigenvalue weighted by Crippen LogP contribution is -2.35. The fourth-order valence-electron chi connectivity index (χ4n) is 2.29. The van der Waals surface area contributed by atoms with Gasteiger partial charge in [0.1, 0.15) is 11.4 Å². The van der Waals surface area contributed by atoms with Crippen LogP contribution in [0.15, 0.2) is 18.2 Å². The van der Waals surface area contributed by atoms with Gasteiger partial charge in [0, 0.05) is 12.1 Å². The molecule has 0 fully saturated rings. The fourth-order valence-corrected chi connectivity index (χ4v) is 2.29. The minimum atomic E-state index is -0.239. The first-order valence-corrected chi connectivity index (χ1v) is 8.06. The Kier molecular flexibility index (Phi) is 7.57. The second-order valence-corrected chi connectivity index (χ2v) is 5.73. The molecule has 0 saturated heterocycles. The summed E-state index contributed by atoms with van der Waals surface area (Å²) in [5.41, 5.74) is 0.553. The number of carbonyl (C=O) groups excluding carboxylic acids is 2. The quantitative estimate of drug-likeness (QED) is 0.775. The zero-order valence-electron chi connectivity index (χ0n) is 14.0. The van der Waals surface area contributed by atoms with Gasteiger partial charge in [-0.25, -0.2) is 4.98 Å². The van der Waals surface area contributed by atoms with E-state index < -0.39 is 0 Å². The Bertz CT molecular complexity index is 461. The van der Waals surface area contributed by atoms with Gasteiger partial charge in [0.15, 0.2) is 0 Å². The number of carbonyl (C=O) groups is 2. The number of rotatable bonds is 8. The smallest absolute Gasteiger partial charge is 0.270 e. The van der Waals surface area contributed by atoms with E-state index in [0.717, 1.165) is 25.7 Å². The minimum absolute atomic E-state index is 0.0985. The van der Waals surface area contributed by atoms with Crippen molar-refractivity contribution in [2.24, 2.45) is 0 Å². The third kappa shape index (κ3) is 5.84. The maximum Gasteiger partial charge on any atom is 0.270 e. The monoisotopic (exact) mass is 305 g/mol. The van der Waals surface area contributed by atoms with Gasteiger partial charge in [-0.2, -0.15) is 0 Å². The van der Waals surface area contributed by atoms with Gasteiger partial charge in [-0.3, -0.25) is 9.59 Å². The summed E-state index contributed by atoms with van der Waals surface area (Å²) in [6.07, 6.45) is 3.85. The van der Waals surface area contributed by atoms with Crippen LogP contribution in [0, 0.1) is 0 Å². The van der Waals surface area contributed by atoms with Gasteiger partial charge in [0.2, 0.25) is 0 Å². The number of aromatic nitrogens is 1. The Hall–Kier alpha value is -1.91. The van der Waals surface area contributed by atoms with E-state index in [2.05, 4.69) is 29.5 Å². The molecule has 2 N–H and O–H groups in total. The normalized spacial score (nSPS) is 13.3. The van der Waals surface area contributed by atoms with Crippen LogP contribution in [0.3, 0.4) is 0 Å². The molecule has 1 aromatic rings. The van der Waals surface area contributed by atoms with Gasteiger partial charge < -0.3 is 10.6 Å². The molecule has 5 nitrogen and oxygen atoms in total. The fraction of sp³-hybridized carbons (Fsp3) is 0.588. The molecule has 122 valence electrons. The summed E-state index contributed by atoms with van der Waals surface area (Å²) in [5.74, 6) is -0.477. The molecule has 0 aliphatic heterocycles. The number of nitrogens with one attached hydrogen (secondary N) is 2. The third-order valence-electron chi connectivity index (χ3n) is 3.41. The van der Waals surface area contributed by atoms with Crippen molar-refractivity contribution in [3.63, 3.8) is 0 Å². The van der Waals surface area contributed by atoms with Crippen LogP contribution in [0.2, 0.25) is 0 Å². The Morgan fingerprint density at radius 3 is 1.73 bits per heavy atom.